The normalized spacial score (nSPS) is 10.2. The summed E-state index contributed by atoms with van der Waals surface area (Å²) in [5, 5.41) is 0. The van der Waals surface area contributed by atoms with Gasteiger partial charge >= 0.3 is 0 Å². The van der Waals surface area contributed by atoms with Gasteiger partial charge in [0, 0.05) is 11.3 Å². The van der Waals surface area contributed by atoms with Crippen LogP contribution in [0.15, 0.2) is 48.5 Å². The summed E-state index contributed by atoms with van der Waals surface area (Å²) in [6, 6.07) is 15.2. The molecular formula is C16H19NO3. The topological polar surface area (TPSA) is 53.7 Å². The zero-order chi connectivity index (χ0) is 14.2. The Bertz CT molecular complexity index is 529. The maximum absolute atomic E-state index is 5.75. The van der Waals surface area contributed by atoms with E-state index in [9.17, 15) is 0 Å². The van der Waals surface area contributed by atoms with Crippen LogP contribution in [0.1, 0.15) is 5.56 Å². The molecule has 0 atom stereocenters. The van der Waals surface area contributed by atoms with E-state index in [1.54, 1.807) is 13.2 Å². The highest BCUT2D eigenvalue weighted by atomic mass is 16.5. The summed E-state index contributed by atoms with van der Waals surface area (Å²) < 4.78 is 16.4. The lowest BCUT2D eigenvalue weighted by molar-refractivity contribution is 0.0876. The molecule has 0 fully saturated rings. The van der Waals surface area contributed by atoms with Crippen molar-refractivity contribution in [2.45, 2.75) is 6.61 Å². The Labute approximate surface area is 119 Å². The van der Waals surface area contributed by atoms with Crippen LogP contribution in [0.5, 0.6) is 11.5 Å². The summed E-state index contributed by atoms with van der Waals surface area (Å²) in [7, 11) is 1.63. The molecule has 0 heterocycles. The number of benzene rings is 2. The van der Waals surface area contributed by atoms with Crippen LogP contribution in [0, 0.1) is 0 Å². The Balaban J connectivity index is 1.75. The average Bonchev–Trinajstić information content (AvgIpc) is 2.48. The van der Waals surface area contributed by atoms with Gasteiger partial charge in [-0.1, -0.05) is 18.2 Å². The fourth-order valence-electron chi connectivity index (χ4n) is 1.83. The lowest BCUT2D eigenvalue weighted by Crippen LogP contribution is -2.07. The number of hydrogen-bond donors (Lipinski definition) is 1. The summed E-state index contributed by atoms with van der Waals surface area (Å²) in [5.74, 6) is 1.63. The molecule has 106 valence electrons. The smallest absolute Gasteiger partial charge is 0.124 e. The summed E-state index contributed by atoms with van der Waals surface area (Å²) >= 11 is 0. The van der Waals surface area contributed by atoms with Crippen LogP contribution in [0.4, 0.5) is 5.69 Å². The van der Waals surface area contributed by atoms with Crippen LogP contribution in [0.3, 0.4) is 0 Å². The number of ether oxygens (including phenoxy) is 3. The molecule has 0 saturated heterocycles. The third-order valence-electron chi connectivity index (χ3n) is 2.80. The van der Waals surface area contributed by atoms with Crippen molar-refractivity contribution in [3.63, 3.8) is 0 Å². The van der Waals surface area contributed by atoms with E-state index in [4.69, 9.17) is 19.9 Å². The van der Waals surface area contributed by atoms with Crippen molar-refractivity contribution in [1.29, 1.82) is 0 Å². The van der Waals surface area contributed by atoms with Crippen molar-refractivity contribution in [3.05, 3.63) is 54.1 Å². The Morgan fingerprint density at radius 3 is 2.55 bits per heavy atom. The van der Waals surface area contributed by atoms with Crippen LogP contribution in [0.25, 0.3) is 0 Å². The Kier molecular flexibility index (Phi) is 5.26. The van der Waals surface area contributed by atoms with Gasteiger partial charge in [0.25, 0.3) is 0 Å². The predicted octanol–water partition coefficient (Wildman–Crippen LogP) is 2.87. The van der Waals surface area contributed by atoms with Gasteiger partial charge in [0.2, 0.25) is 0 Å². The molecule has 0 aliphatic heterocycles. The molecule has 0 unspecified atom stereocenters. The van der Waals surface area contributed by atoms with Gasteiger partial charge in [0.05, 0.1) is 20.3 Å². The molecule has 0 radical (unpaired) electrons. The van der Waals surface area contributed by atoms with Crippen molar-refractivity contribution < 1.29 is 14.2 Å². The van der Waals surface area contributed by atoms with Crippen molar-refractivity contribution >= 4 is 5.69 Å². The average molecular weight is 273 g/mol. The lowest BCUT2D eigenvalue weighted by atomic mass is 10.2. The number of nitrogens with two attached hydrogens (primary N) is 1. The molecule has 0 aliphatic carbocycles. The molecule has 4 nitrogen and oxygen atoms in total. The van der Waals surface area contributed by atoms with Gasteiger partial charge in [-0.3, -0.25) is 0 Å². The van der Waals surface area contributed by atoms with Crippen LogP contribution >= 0.6 is 0 Å². The first-order valence-corrected chi connectivity index (χ1v) is 6.47. The molecule has 20 heavy (non-hydrogen) atoms. The van der Waals surface area contributed by atoms with Gasteiger partial charge in [-0.05, 0) is 30.3 Å². The molecule has 4 heteroatoms. The van der Waals surface area contributed by atoms with Gasteiger partial charge in [-0.15, -0.1) is 0 Å². The van der Waals surface area contributed by atoms with Crippen molar-refractivity contribution in [3.8, 4) is 11.5 Å². The summed E-state index contributed by atoms with van der Waals surface area (Å²) in [4.78, 5) is 0. The van der Waals surface area contributed by atoms with Gasteiger partial charge in [-0.25, -0.2) is 0 Å². The minimum atomic E-state index is 0.451. The van der Waals surface area contributed by atoms with Crippen LogP contribution in [-0.2, 0) is 11.3 Å². The first kappa shape index (κ1) is 14.2. The molecule has 2 aromatic rings. The van der Waals surface area contributed by atoms with E-state index in [1.165, 1.54) is 0 Å². The van der Waals surface area contributed by atoms with E-state index in [2.05, 4.69) is 0 Å². The molecule has 0 saturated carbocycles. The first-order valence-electron chi connectivity index (χ1n) is 6.47. The number of rotatable bonds is 7. The quantitative estimate of drug-likeness (QED) is 0.622. The number of hydrogen-bond acceptors (Lipinski definition) is 4. The van der Waals surface area contributed by atoms with E-state index in [-0.39, 0.29) is 0 Å². The second kappa shape index (κ2) is 7.40. The molecule has 2 aromatic carbocycles. The zero-order valence-corrected chi connectivity index (χ0v) is 11.5. The third kappa shape index (κ3) is 4.17. The molecule has 0 amide bonds. The zero-order valence-electron chi connectivity index (χ0n) is 11.5. The second-order valence-electron chi connectivity index (χ2n) is 4.29. The highest BCUT2D eigenvalue weighted by Crippen LogP contribution is 2.21. The first-order chi connectivity index (χ1) is 9.79. The van der Waals surface area contributed by atoms with Gasteiger partial charge in [0.15, 0.2) is 0 Å². The molecular weight excluding hydrogens is 254 g/mol. The fraction of sp³-hybridized carbons (Fsp3) is 0.250. The highest BCUT2D eigenvalue weighted by molar-refractivity contribution is 5.47. The number of nitrogen functional groups attached to an aromatic ring is 1. The van der Waals surface area contributed by atoms with E-state index >= 15 is 0 Å². The van der Waals surface area contributed by atoms with Crippen molar-refractivity contribution in [2.24, 2.45) is 0 Å². The molecule has 0 aliphatic rings. The standard InChI is InChI=1S/C16H19NO3/c1-18-16-8-7-14(17)11-13(16)12-19-9-10-20-15-5-3-2-4-6-15/h2-8,11H,9-10,12,17H2,1H3. The number of para-hydroxylation sites is 1. The fourth-order valence-corrected chi connectivity index (χ4v) is 1.83. The third-order valence-corrected chi connectivity index (χ3v) is 2.80. The molecule has 0 spiro atoms. The van der Waals surface area contributed by atoms with Crippen LogP contribution in [0.2, 0.25) is 0 Å². The molecule has 2 N–H and O–H groups in total. The van der Waals surface area contributed by atoms with Crippen molar-refractivity contribution in [1.82, 2.24) is 0 Å². The highest BCUT2D eigenvalue weighted by Gasteiger charge is 2.03. The van der Waals surface area contributed by atoms with Crippen LogP contribution < -0.4 is 15.2 Å². The van der Waals surface area contributed by atoms with Gasteiger partial charge in [-0.2, -0.15) is 0 Å². The van der Waals surface area contributed by atoms with Crippen molar-refractivity contribution in [2.75, 3.05) is 26.1 Å². The molecule has 0 bridgehead atoms. The Morgan fingerprint density at radius 1 is 1.00 bits per heavy atom. The number of anilines is 1. The minimum Gasteiger partial charge on any atom is -0.496 e. The SMILES string of the molecule is COc1ccc(N)cc1COCCOc1ccccc1. The van der Waals surface area contributed by atoms with Crippen LogP contribution in [-0.4, -0.2) is 20.3 Å². The Morgan fingerprint density at radius 2 is 1.80 bits per heavy atom. The monoisotopic (exact) mass is 273 g/mol. The molecule has 0 aromatic heterocycles. The second-order valence-corrected chi connectivity index (χ2v) is 4.29. The van der Waals surface area contributed by atoms with Gasteiger partial charge in [0.1, 0.15) is 18.1 Å². The van der Waals surface area contributed by atoms with E-state index in [1.807, 2.05) is 42.5 Å². The maximum atomic E-state index is 5.75. The summed E-state index contributed by atoms with van der Waals surface area (Å²) in [6.07, 6.45) is 0. The maximum Gasteiger partial charge on any atom is 0.124 e. The lowest BCUT2D eigenvalue weighted by Gasteiger charge is -2.10. The predicted molar refractivity (Wildman–Crippen MR) is 79.0 cm³/mol. The van der Waals surface area contributed by atoms with E-state index in [0.717, 1.165) is 17.1 Å². The Hall–Kier alpha value is -2.20. The minimum absolute atomic E-state index is 0.451. The largest absolute Gasteiger partial charge is 0.496 e. The summed E-state index contributed by atoms with van der Waals surface area (Å²) in [5.41, 5.74) is 7.39. The van der Waals surface area contributed by atoms with E-state index in [0.29, 0.717) is 25.5 Å². The molecule has 2 rings (SSSR count). The number of methoxy groups -OCH3 is 1. The van der Waals surface area contributed by atoms with E-state index < -0.39 is 0 Å². The summed E-state index contributed by atoms with van der Waals surface area (Å²) in [6.45, 7) is 1.47. The van der Waals surface area contributed by atoms with Gasteiger partial charge < -0.3 is 19.9 Å².